The second-order valence-electron chi connectivity index (χ2n) is 10.7. The maximum atomic E-state index is 12.9. The van der Waals surface area contributed by atoms with Crippen LogP contribution in [0.5, 0.6) is 0 Å². The summed E-state index contributed by atoms with van der Waals surface area (Å²) in [5.74, 6) is 0.890. The second-order valence-corrected chi connectivity index (χ2v) is 11.5. The summed E-state index contributed by atoms with van der Waals surface area (Å²) in [4.78, 5) is 32.7. The summed E-state index contributed by atoms with van der Waals surface area (Å²) < 4.78 is 4.86. The van der Waals surface area contributed by atoms with Gasteiger partial charge in [0.15, 0.2) is 0 Å². The molecule has 9 heteroatoms. The molecular weight excluding hydrogens is 547 g/mol. The third kappa shape index (κ3) is 6.65. The molecule has 212 valence electrons. The molecule has 1 aromatic heterocycles. The van der Waals surface area contributed by atoms with E-state index in [0.717, 1.165) is 44.3 Å². The fraction of sp³-hybridized carbons (Fsp3) is 0.419. The van der Waals surface area contributed by atoms with Crippen molar-refractivity contribution in [2.75, 3.05) is 39.8 Å². The number of amides is 2. The number of methoxy groups -OCH3 is 1. The highest BCUT2D eigenvalue weighted by molar-refractivity contribution is 6.42. The molecule has 0 spiro atoms. The van der Waals surface area contributed by atoms with Crippen molar-refractivity contribution < 1.29 is 14.3 Å². The Bertz CT molecular complexity index is 1360. The van der Waals surface area contributed by atoms with Gasteiger partial charge in [-0.2, -0.15) is 0 Å². The summed E-state index contributed by atoms with van der Waals surface area (Å²) in [6, 6.07) is 14.0. The largest absolute Gasteiger partial charge is 0.453 e. The predicted octanol–water partition coefficient (Wildman–Crippen LogP) is 6.33. The van der Waals surface area contributed by atoms with Gasteiger partial charge in [-0.05, 0) is 86.0 Å². The summed E-state index contributed by atoms with van der Waals surface area (Å²) >= 11 is 12.1. The molecule has 0 bridgehead atoms. The van der Waals surface area contributed by atoms with Crippen LogP contribution in [0.3, 0.4) is 0 Å². The minimum absolute atomic E-state index is 0.00620. The lowest BCUT2D eigenvalue weighted by Gasteiger charge is -2.44. The minimum atomic E-state index is -0.404. The number of likely N-dealkylation sites (tertiary alicyclic amines) is 2. The van der Waals surface area contributed by atoms with Gasteiger partial charge in [0, 0.05) is 48.9 Å². The first-order valence-corrected chi connectivity index (χ1v) is 14.7. The molecule has 7 nitrogen and oxygen atoms in total. The third-order valence-electron chi connectivity index (χ3n) is 8.46. The Kier molecular flexibility index (Phi) is 9.35. The van der Waals surface area contributed by atoms with Gasteiger partial charge in [0.05, 0.1) is 17.2 Å². The molecule has 0 aliphatic carbocycles. The topological polar surface area (TPSA) is 77.7 Å². The molecule has 1 atom stereocenters. The first-order chi connectivity index (χ1) is 19.4. The first kappa shape index (κ1) is 28.5. The van der Waals surface area contributed by atoms with Gasteiger partial charge in [-0.3, -0.25) is 9.69 Å². The van der Waals surface area contributed by atoms with Gasteiger partial charge < -0.3 is 19.9 Å². The lowest BCUT2D eigenvalue weighted by Crippen LogP contribution is -2.53. The number of nitrogens with one attached hydrogen (secondary N) is 2. The van der Waals surface area contributed by atoms with Crippen molar-refractivity contribution in [3.8, 4) is 0 Å². The third-order valence-corrected chi connectivity index (χ3v) is 9.20. The van der Waals surface area contributed by atoms with Crippen molar-refractivity contribution in [1.29, 1.82) is 0 Å². The number of ether oxygens (including phenoxy) is 1. The molecule has 2 aromatic carbocycles. The molecule has 3 heterocycles. The number of piperidine rings is 2. The molecule has 5 rings (SSSR count). The van der Waals surface area contributed by atoms with Gasteiger partial charge in [0.25, 0.3) is 0 Å². The van der Waals surface area contributed by atoms with E-state index in [4.69, 9.17) is 27.9 Å². The minimum Gasteiger partial charge on any atom is -0.453 e. The number of rotatable bonds is 7. The predicted molar refractivity (Wildman–Crippen MR) is 161 cm³/mol. The molecule has 0 radical (unpaired) electrons. The van der Waals surface area contributed by atoms with Crippen LogP contribution in [0.1, 0.15) is 42.7 Å². The Hall–Kier alpha value is -3.00. The van der Waals surface area contributed by atoms with E-state index in [9.17, 15) is 9.59 Å². The van der Waals surface area contributed by atoms with Crippen LogP contribution in [0.2, 0.25) is 10.0 Å². The highest BCUT2D eigenvalue weighted by atomic mass is 35.5. The maximum Gasteiger partial charge on any atom is 0.406 e. The number of carbonyl (C=O) groups excluding carboxylic acids is 2. The van der Waals surface area contributed by atoms with Gasteiger partial charge in [-0.1, -0.05) is 47.5 Å². The number of carbonyl (C=O) groups is 2. The molecular formula is C31H36Cl2N4O3. The van der Waals surface area contributed by atoms with E-state index in [0.29, 0.717) is 41.5 Å². The molecule has 40 heavy (non-hydrogen) atoms. The number of benzene rings is 2. The van der Waals surface area contributed by atoms with Gasteiger partial charge >= 0.3 is 6.09 Å². The standard InChI is InChI=1S/C31H36Cl2N4O3/c1-40-31(39)35-20-29(36-14-10-22(11-15-36)25-19-34-28-5-3-2-4-24(25)28)23-12-16-37(17-13-23)30(38)9-7-21-6-8-26(32)27(33)18-21/h2-9,18-19,22-23,29,34H,10-17,20H2,1H3,(H,35,39). The number of halogens is 2. The van der Waals surface area contributed by atoms with Crippen molar-refractivity contribution in [3.63, 3.8) is 0 Å². The van der Waals surface area contributed by atoms with Crippen LogP contribution >= 0.6 is 23.2 Å². The highest BCUT2D eigenvalue weighted by Crippen LogP contribution is 2.35. The van der Waals surface area contributed by atoms with Crippen LogP contribution in [0, 0.1) is 5.92 Å². The number of nitrogens with zero attached hydrogens (tertiary/aromatic N) is 2. The molecule has 3 aromatic rings. The first-order valence-electron chi connectivity index (χ1n) is 14.0. The zero-order valence-electron chi connectivity index (χ0n) is 22.7. The number of hydrogen-bond donors (Lipinski definition) is 2. The van der Waals surface area contributed by atoms with Gasteiger partial charge in [0.1, 0.15) is 0 Å². The molecule has 2 aliphatic rings. The number of hydrogen-bond acceptors (Lipinski definition) is 4. The van der Waals surface area contributed by atoms with E-state index in [2.05, 4.69) is 45.7 Å². The summed E-state index contributed by atoms with van der Waals surface area (Å²) in [6.45, 7) is 3.87. The molecule has 2 fully saturated rings. The van der Waals surface area contributed by atoms with Crippen molar-refractivity contribution in [2.45, 2.75) is 37.6 Å². The molecule has 2 amide bonds. The Morgan fingerprint density at radius 1 is 1.05 bits per heavy atom. The van der Waals surface area contributed by atoms with Crippen LogP contribution in [0.15, 0.2) is 54.7 Å². The quantitative estimate of drug-likeness (QED) is 0.319. The zero-order chi connectivity index (χ0) is 28.1. The van der Waals surface area contributed by atoms with Gasteiger partial charge in [0.2, 0.25) is 5.91 Å². The smallest absolute Gasteiger partial charge is 0.406 e. The monoisotopic (exact) mass is 582 g/mol. The zero-order valence-corrected chi connectivity index (χ0v) is 24.3. The number of H-pyrrole nitrogens is 1. The Balaban J connectivity index is 1.19. The van der Waals surface area contributed by atoms with Crippen molar-refractivity contribution in [2.24, 2.45) is 5.92 Å². The van der Waals surface area contributed by atoms with E-state index < -0.39 is 6.09 Å². The lowest BCUT2D eigenvalue weighted by atomic mass is 9.84. The molecule has 2 saturated heterocycles. The SMILES string of the molecule is COC(=O)NCC(C1CCN(C(=O)C=Cc2ccc(Cl)c(Cl)c2)CC1)N1CCC(c2c[nH]c3ccccc23)CC1. The Morgan fingerprint density at radius 3 is 2.52 bits per heavy atom. The van der Waals surface area contributed by atoms with E-state index >= 15 is 0 Å². The molecule has 2 N–H and O–H groups in total. The van der Waals surface area contributed by atoms with E-state index in [1.54, 1.807) is 24.3 Å². The van der Waals surface area contributed by atoms with Crippen LogP contribution < -0.4 is 5.32 Å². The summed E-state index contributed by atoms with van der Waals surface area (Å²) in [6.07, 6.45) is 9.08. The van der Waals surface area contributed by atoms with Crippen molar-refractivity contribution in [3.05, 3.63) is 75.9 Å². The fourth-order valence-corrected chi connectivity index (χ4v) is 6.53. The number of alkyl carbamates (subject to hydrolysis) is 1. The average molecular weight is 584 g/mol. The second kappa shape index (κ2) is 13.1. The maximum absolute atomic E-state index is 12.9. The number of fused-ring (bicyclic) bond motifs is 1. The summed E-state index contributed by atoms with van der Waals surface area (Å²) in [5, 5.41) is 5.22. The van der Waals surface area contributed by atoms with Crippen LogP contribution in [0.4, 0.5) is 4.79 Å². The number of aromatic amines is 1. The van der Waals surface area contributed by atoms with E-state index in [-0.39, 0.29) is 11.9 Å². The van der Waals surface area contributed by atoms with Gasteiger partial charge in [-0.25, -0.2) is 4.79 Å². The average Bonchev–Trinajstić information content (AvgIpc) is 3.42. The normalized spacial score (nSPS) is 18.3. The molecule has 2 aliphatic heterocycles. The van der Waals surface area contributed by atoms with Crippen molar-refractivity contribution in [1.82, 2.24) is 20.1 Å². The van der Waals surface area contributed by atoms with Crippen LogP contribution in [-0.4, -0.2) is 72.7 Å². The van der Waals surface area contributed by atoms with Crippen molar-refractivity contribution >= 4 is 52.2 Å². The van der Waals surface area contributed by atoms with E-state index in [1.165, 1.54) is 23.6 Å². The number of aromatic nitrogens is 1. The lowest BCUT2D eigenvalue weighted by molar-refractivity contribution is -0.127. The fourth-order valence-electron chi connectivity index (χ4n) is 6.22. The number of para-hydroxylation sites is 1. The Morgan fingerprint density at radius 2 is 1.80 bits per heavy atom. The van der Waals surface area contributed by atoms with Gasteiger partial charge in [-0.15, -0.1) is 0 Å². The summed E-state index contributed by atoms with van der Waals surface area (Å²) in [7, 11) is 1.40. The Labute approximate surface area is 245 Å². The summed E-state index contributed by atoms with van der Waals surface area (Å²) in [5.41, 5.74) is 3.43. The molecule has 0 saturated carbocycles. The highest BCUT2D eigenvalue weighted by Gasteiger charge is 2.34. The molecule has 1 unspecified atom stereocenters. The van der Waals surface area contributed by atoms with Crippen LogP contribution in [-0.2, 0) is 9.53 Å². The van der Waals surface area contributed by atoms with Crippen LogP contribution in [0.25, 0.3) is 17.0 Å². The van der Waals surface area contributed by atoms with E-state index in [1.807, 2.05) is 11.0 Å².